The van der Waals surface area contributed by atoms with Crippen LogP contribution in [0, 0.1) is 5.82 Å². The number of hydrogen-bond donors (Lipinski definition) is 2. The lowest BCUT2D eigenvalue weighted by Crippen LogP contribution is -2.34. The number of hydrogen-bond acceptors (Lipinski definition) is 4. The van der Waals surface area contributed by atoms with E-state index >= 15 is 0 Å². The van der Waals surface area contributed by atoms with Gasteiger partial charge < -0.3 is 15.4 Å². The first-order valence-electron chi connectivity index (χ1n) is 8.12. The van der Waals surface area contributed by atoms with Gasteiger partial charge in [0.05, 0.1) is 5.69 Å². The third-order valence-corrected chi connectivity index (χ3v) is 3.94. The molecule has 7 heteroatoms. The van der Waals surface area contributed by atoms with E-state index in [9.17, 15) is 18.8 Å². The molecule has 0 aromatic heterocycles. The minimum Gasteiger partial charge on any atom is -0.479 e. The second-order valence-electron chi connectivity index (χ2n) is 5.94. The van der Waals surface area contributed by atoms with E-state index < -0.39 is 11.9 Å². The molecule has 2 aromatic carbocycles. The van der Waals surface area contributed by atoms with Crippen LogP contribution in [0.3, 0.4) is 0 Å². The van der Waals surface area contributed by atoms with E-state index in [-0.39, 0.29) is 30.4 Å². The first-order valence-corrected chi connectivity index (χ1v) is 8.12. The Kier molecular flexibility index (Phi) is 4.97. The molecule has 0 fully saturated rings. The van der Waals surface area contributed by atoms with Gasteiger partial charge in [-0.25, -0.2) is 4.39 Å². The summed E-state index contributed by atoms with van der Waals surface area (Å²) in [7, 11) is 0. The fourth-order valence-electron chi connectivity index (χ4n) is 2.52. The molecule has 3 rings (SSSR count). The summed E-state index contributed by atoms with van der Waals surface area (Å²) in [6.07, 6.45) is -0.562. The van der Waals surface area contributed by atoms with Crippen molar-refractivity contribution in [2.45, 2.75) is 25.9 Å². The molecule has 0 spiro atoms. The molecule has 6 nitrogen and oxygen atoms in total. The standard InChI is InChI=1S/C19H17FN2O4/c1-11-19(25)22-15-10-14(6-8-17(15)26-11)21-18(24)9-7-16(23)12-2-4-13(20)5-3-12/h2-6,8,10-11H,7,9H2,1H3,(H,21,24)(H,22,25)/t11-/m1/s1. The lowest BCUT2D eigenvalue weighted by Gasteiger charge is -2.23. The predicted octanol–water partition coefficient (Wildman–Crippen LogP) is 3.15. The maximum atomic E-state index is 12.9. The van der Waals surface area contributed by atoms with E-state index in [1.807, 2.05) is 0 Å². The van der Waals surface area contributed by atoms with Crippen molar-refractivity contribution in [3.8, 4) is 5.75 Å². The Morgan fingerprint density at radius 1 is 1.15 bits per heavy atom. The second kappa shape index (κ2) is 7.35. The Morgan fingerprint density at radius 3 is 2.62 bits per heavy atom. The second-order valence-corrected chi connectivity index (χ2v) is 5.94. The lowest BCUT2D eigenvalue weighted by atomic mass is 10.1. The third-order valence-electron chi connectivity index (χ3n) is 3.94. The number of ketones is 1. The molecule has 0 saturated heterocycles. The highest BCUT2D eigenvalue weighted by atomic mass is 19.1. The molecule has 2 N–H and O–H groups in total. The van der Waals surface area contributed by atoms with Gasteiger partial charge in [0.15, 0.2) is 11.9 Å². The Hall–Kier alpha value is -3.22. The molecule has 2 amide bonds. The van der Waals surface area contributed by atoms with Crippen molar-refractivity contribution in [2.75, 3.05) is 10.6 Å². The van der Waals surface area contributed by atoms with Gasteiger partial charge in [0.25, 0.3) is 5.91 Å². The number of fused-ring (bicyclic) bond motifs is 1. The molecule has 0 saturated carbocycles. The van der Waals surface area contributed by atoms with Gasteiger partial charge in [0, 0.05) is 24.1 Å². The van der Waals surface area contributed by atoms with E-state index in [2.05, 4.69) is 10.6 Å². The minimum atomic E-state index is -0.569. The zero-order valence-corrected chi connectivity index (χ0v) is 14.0. The molecule has 0 bridgehead atoms. The molecule has 0 unspecified atom stereocenters. The molecule has 1 aliphatic heterocycles. The quantitative estimate of drug-likeness (QED) is 0.806. The molecule has 134 valence electrons. The molecule has 1 aliphatic rings. The number of amides is 2. The topological polar surface area (TPSA) is 84.5 Å². The molecule has 0 radical (unpaired) electrons. The van der Waals surface area contributed by atoms with Crippen LogP contribution in [0.5, 0.6) is 5.75 Å². The van der Waals surface area contributed by atoms with Crippen molar-refractivity contribution >= 4 is 29.0 Å². The van der Waals surface area contributed by atoms with Gasteiger partial charge in [0.1, 0.15) is 11.6 Å². The van der Waals surface area contributed by atoms with Crippen molar-refractivity contribution in [1.29, 1.82) is 0 Å². The molecular formula is C19H17FN2O4. The molecule has 26 heavy (non-hydrogen) atoms. The van der Waals surface area contributed by atoms with Gasteiger partial charge in [-0.1, -0.05) is 0 Å². The Labute approximate surface area is 149 Å². The zero-order chi connectivity index (χ0) is 18.7. The zero-order valence-electron chi connectivity index (χ0n) is 14.0. The molecule has 2 aromatic rings. The van der Waals surface area contributed by atoms with Crippen LogP contribution in [0.1, 0.15) is 30.1 Å². The molecular weight excluding hydrogens is 339 g/mol. The van der Waals surface area contributed by atoms with Gasteiger partial charge in [0.2, 0.25) is 5.91 Å². The fraction of sp³-hybridized carbons (Fsp3) is 0.211. The number of Topliss-reactive ketones (excluding diaryl/α,β-unsaturated/α-hetero) is 1. The van der Waals surface area contributed by atoms with Crippen LogP contribution >= 0.6 is 0 Å². The number of benzene rings is 2. The number of halogens is 1. The summed E-state index contributed by atoms with van der Waals surface area (Å²) in [5.74, 6) is -0.721. The summed E-state index contributed by atoms with van der Waals surface area (Å²) in [5.41, 5.74) is 1.33. The predicted molar refractivity (Wildman–Crippen MR) is 93.8 cm³/mol. The highest BCUT2D eigenvalue weighted by Gasteiger charge is 2.23. The summed E-state index contributed by atoms with van der Waals surface area (Å²) in [4.78, 5) is 35.7. The van der Waals surface area contributed by atoms with Gasteiger partial charge in [-0.3, -0.25) is 14.4 Å². The smallest absolute Gasteiger partial charge is 0.265 e. The van der Waals surface area contributed by atoms with Crippen LogP contribution in [0.4, 0.5) is 15.8 Å². The first-order chi connectivity index (χ1) is 12.4. The van der Waals surface area contributed by atoms with Crippen molar-refractivity contribution < 1.29 is 23.5 Å². The molecule has 1 atom stereocenters. The van der Waals surface area contributed by atoms with Crippen LogP contribution in [0.15, 0.2) is 42.5 Å². The summed E-state index contributed by atoms with van der Waals surface area (Å²) >= 11 is 0. The third kappa shape index (κ3) is 4.05. The van der Waals surface area contributed by atoms with Crippen LogP contribution in [-0.4, -0.2) is 23.7 Å². The van der Waals surface area contributed by atoms with Crippen molar-refractivity contribution in [3.63, 3.8) is 0 Å². The average molecular weight is 356 g/mol. The van der Waals surface area contributed by atoms with Gasteiger partial charge in [-0.15, -0.1) is 0 Å². The number of anilines is 2. The first kappa shape index (κ1) is 17.6. The van der Waals surface area contributed by atoms with Crippen LogP contribution in [-0.2, 0) is 9.59 Å². The van der Waals surface area contributed by atoms with E-state index in [4.69, 9.17) is 4.74 Å². The van der Waals surface area contributed by atoms with Crippen LogP contribution < -0.4 is 15.4 Å². The summed E-state index contributed by atoms with van der Waals surface area (Å²) in [6.45, 7) is 1.64. The Morgan fingerprint density at radius 2 is 1.88 bits per heavy atom. The summed E-state index contributed by atoms with van der Waals surface area (Å²) in [6, 6.07) is 10.1. The van der Waals surface area contributed by atoms with Crippen molar-refractivity contribution in [3.05, 3.63) is 53.8 Å². The highest BCUT2D eigenvalue weighted by molar-refractivity contribution is 6.01. The minimum absolute atomic E-state index is 0.00676. The maximum Gasteiger partial charge on any atom is 0.265 e. The van der Waals surface area contributed by atoms with Gasteiger partial charge in [-0.2, -0.15) is 0 Å². The average Bonchev–Trinajstić information content (AvgIpc) is 2.61. The fourth-order valence-corrected chi connectivity index (χ4v) is 2.52. The Balaban J connectivity index is 1.57. The summed E-state index contributed by atoms with van der Waals surface area (Å²) in [5, 5.41) is 5.38. The van der Waals surface area contributed by atoms with Gasteiger partial charge in [-0.05, 0) is 49.4 Å². The number of carbonyl (C=O) groups excluding carboxylic acids is 3. The van der Waals surface area contributed by atoms with Crippen molar-refractivity contribution in [2.24, 2.45) is 0 Å². The number of nitrogens with one attached hydrogen (secondary N) is 2. The van der Waals surface area contributed by atoms with E-state index in [1.165, 1.54) is 24.3 Å². The monoisotopic (exact) mass is 356 g/mol. The van der Waals surface area contributed by atoms with Gasteiger partial charge >= 0.3 is 0 Å². The van der Waals surface area contributed by atoms with E-state index in [0.717, 1.165) is 0 Å². The Bertz CT molecular complexity index is 864. The van der Waals surface area contributed by atoms with E-state index in [1.54, 1.807) is 25.1 Å². The van der Waals surface area contributed by atoms with E-state index in [0.29, 0.717) is 22.7 Å². The normalized spacial score (nSPS) is 15.5. The largest absolute Gasteiger partial charge is 0.479 e. The molecule has 0 aliphatic carbocycles. The molecule has 1 heterocycles. The number of carbonyl (C=O) groups is 3. The lowest BCUT2D eigenvalue weighted by molar-refractivity contribution is -0.122. The summed E-state index contributed by atoms with van der Waals surface area (Å²) < 4.78 is 18.3. The van der Waals surface area contributed by atoms with Crippen LogP contribution in [0.25, 0.3) is 0 Å². The van der Waals surface area contributed by atoms with Crippen LogP contribution in [0.2, 0.25) is 0 Å². The SMILES string of the molecule is C[C@H]1Oc2ccc(NC(=O)CCC(=O)c3ccc(F)cc3)cc2NC1=O. The highest BCUT2D eigenvalue weighted by Crippen LogP contribution is 2.32. The number of ether oxygens (including phenoxy) is 1. The maximum absolute atomic E-state index is 12.9. The van der Waals surface area contributed by atoms with Crippen molar-refractivity contribution in [1.82, 2.24) is 0 Å². The number of rotatable bonds is 5.